The summed E-state index contributed by atoms with van der Waals surface area (Å²) in [5.41, 5.74) is 6.68. The molecule has 2 heterocycles. The first kappa shape index (κ1) is 15.5. The summed E-state index contributed by atoms with van der Waals surface area (Å²) in [5.74, 6) is 1.07. The molecule has 1 aliphatic heterocycles. The van der Waals surface area contributed by atoms with E-state index in [1.807, 2.05) is 6.26 Å². The van der Waals surface area contributed by atoms with Crippen LogP contribution in [-0.2, 0) is 4.74 Å². The molecule has 1 aromatic rings. The lowest BCUT2D eigenvalue weighted by molar-refractivity contribution is 0.0607. The molecule has 0 bridgehead atoms. The highest BCUT2D eigenvalue weighted by Gasteiger charge is 2.30. The van der Waals surface area contributed by atoms with Gasteiger partial charge < -0.3 is 15.4 Å². The summed E-state index contributed by atoms with van der Waals surface area (Å²) in [6.07, 6.45) is 3.20. The number of thioether (sulfide) groups is 1. The van der Waals surface area contributed by atoms with Gasteiger partial charge in [0, 0.05) is 13.1 Å². The summed E-state index contributed by atoms with van der Waals surface area (Å²) in [6, 6.07) is 0. The normalized spacial score (nSPS) is 18.9. The average Bonchev–Trinajstić information content (AvgIpc) is 3.02. The molecule has 2 rings (SSSR count). The Bertz CT molecular complexity index is 500. The van der Waals surface area contributed by atoms with Gasteiger partial charge in [-0.05, 0) is 24.5 Å². The molecule has 1 unspecified atom stereocenters. The fourth-order valence-corrected chi connectivity index (χ4v) is 4.72. The summed E-state index contributed by atoms with van der Waals surface area (Å²) in [4.78, 5) is 15.7. The van der Waals surface area contributed by atoms with E-state index in [2.05, 4.69) is 18.7 Å². The van der Waals surface area contributed by atoms with Crippen molar-refractivity contribution in [2.45, 2.75) is 25.2 Å². The maximum Gasteiger partial charge on any atom is 0.350 e. The minimum absolute atomic E-state index is 0.339. The zero-order valence-electron chi connectivity index (χ0n) is 12.4. The fourth-order valence-electron chi connectivity index (χ4n) is 2.58. The standard InChI is InChI=1S/C14H22N2O2S2/c1-8(2)9-5-6-16(7-9)13-11(19-4)10(15)12(20-13)14(17)18-3/h8-9H,5-7,15H2,1-4H3. The van der Waals surface area contributed by atoms with Gasteiger partial charge in [-0.1, -0.05) is 13.8 Å². The van der Waals surface area contributed by atoms with Gasteiger partial charge in [0.2, 0.25) is 0 Å². The minimum Gasteiger partial charge on any atom is -0.465 e. The zero-order chi connectivity index (χ0) is 14.9. The van der Waals surface area contributed by atoms with Crippen LogP contribution in [0.15, 0.2) is 4.90 Å². The number of rotatable bonds is 4. The number of nitrogens with zero attached hydrogens (tertiary/aromatic N) is 1. The van der Waals surface area contributed by atoms with E-state index in [-0.39, 0.29) is 5.97 Å². The second-order valence-corrected chi connectivity index (χ2v) is 7.23. The SMILES string of the molecule is COC(=O)c1sc(N2CCC(C(C)C)C2)c(SC)c1N. The first-order valence-corrected chi connectivity index (χ1v) is 8.83. The molecule has 1 saturated heterocycles. The molecule has 0 radical (unpaired) electrons. The number of nitrogen functional groups attached to an aromatic ring is 1. The highest BCUT2D eigenvalue weighted by atomic mass is 32.2. The molecule has 2 N–H and O–H groups in total. The third kappa shape index (κ3) is 2.76. The maximum absolute atomic E-state index is 11.8. The molecule has 6 heteroatoms. The summed E-state index contributed by atoms with van der Waals surface area (Å²) < 4.78 is 4.82. The van der Waals surface area contributed by atoms with E-state index >= 15 is 0 Å². The van der Waals surface area contributed by atoms with Gasteiger partial charge in [0.05, 0.1) is 17.7 Å². The average molecular weight is 314 g/mol. The van der Waals surface area contributed by atoms with Crippen molar-refractivity contribution in [3.05, 3.63) is 4.88 Å². The van der Waals surface area contributed by atoms with Crippen molar-refractivity contribution in [3.8, 4) is 0 Å². The third-order valence-electron chi connectivity index (χ3n) is 3.91. The molecule has 1 aliphatic rings. The van der Waals surface area contributed by atoms with Crippen molar-refractivity contribution in [3.63, 3.8) is 0 Å². The number of esters is 1. The number of carbonyl (C=O) groups excluding carboxylic acids is 1. The molecule has 0 saturated carbocycles. The molecule has 1 atom stereocenters. The Balaban J connectivity index is 2.30. The largest absolute Gasteiger partial charge is 0.465 e. The smallest absolute Gasteiger partial charge is 0.350 e. The lowest BCUT2D eigenvalue weighted by Gasteiger charge is -2.19. The summed E-state index contributed by atoms with van der Waals surface area (Å²) in [7, 11) is 1.39. The van der Waals surface area contributed by atoms with Gasteiger partial charge in [0.25, 0.3) is 0 Å². The summed E-state index contributed by atoms with van der Waals surface area (Å²) in [5, 5.41) is 1.12. The van der Waals surface area contributed by atoms with Crippen LogP contribution in [0.1, 0.15) is 29.9 Å². The van der Waals surface area contributed by atoms with Gasteiger partial charge in [-0.15, -0.1) is 23.1 Å². The number of nitrogens with two attached hydrogens (primary N) is 1. The molecule has 112 valence electrons. The first-order chi connectivity index (χ1) is 9.49. The molecule has 20 heavy (non-hydrogen) atoms. The second kappa shape index (κ2) is 6.26. The molecule has 1 aromatic heterocycles. The van der Waals surface area contributed by atoms with Crippen molar-refractivity contribution in [2.75, 3.05) is 37.1 Å². The van der Waals surface area contributed by atoms with Crippen molar-refractivity contribution < 1.29 is 9.53 Å². The fraction of sp³-hybridized carbons (Fsp3) is 0.643. The Kier molecular flexibility index (Phi) is 4.86. The van der Waals surface area contributed by atoms with E-state index < -0.39 is 0 Å². The van der Waals surface area contributed by atoms with Gasteiger partial charge in [-0.3, -0.25) is 0 Å². The van der Waals surface area contributed by atoms with Crippen LogP contribution in [0.3, 0.4) is 0 Å². The monoisotopic (exact) mass is 314 g/mol. The van der Waals surface area contributed by atoms with Gasteiger partial charge in [-0.25, -0.2) is 4.79 Å². The quantitative estimate of drug-likeness (QED) is 0.682. The number of ether oxygens (including phenoxy) is 1. The highest BCUT2D eigenvalue weighted by Crippen LogP contribution is 2.45. The van der Waals surface area contributed by atoms with Crippen molar-refractivity contribution in [1.29, 1.82) is 0 Å². The molecular formula is C14H22N2O2S2. The molecular weight excluding hydrogens is 292 g/mol. The van der Waals surface area contributed by atoms with Crippen LogP contribution in [0.25, 0.3) is 0 Å². The highest BCUT2D eigenvalue weighted by molar-refractivity contribution is 7.99. The Morgan fingerprint density at radius 2 is 2.25 bits per heavy atom. The number of anilines is 2. The lowest BCUT2D eigenvalue weighted by atomic mass is 9.95. The zero-order valence-corrected chi connectivity index (χ0v) is 14.1. The number of carbonyl (C=O) groups is 1. The van der Waals surface area contributed by atoms with Crippen LogP contribution >= 0.6 is 23.1 Å². The van der Waals surface area contributed by atoms with Crippen molar-refractivity contribution >= 4 is 39.8 Å². The summed E-state index contributed by atoms with van der Waals surface area (Å²) in [6.45, 7) is 6.63. The number of thiophene rings is 1. The molecule has 0 aromatic carbocycles. The van der Waals surface area contributed by atoms with Gasteiger partial charge >= 0.3 is 5.97 Å². The Morgan fingerprint density at radius 3 is 2.75 bits per heavy atom. The third-order valence-corrected chi connectivity index (χ3v) is 6.11. The van der Waals surface area contributed by atoms with E-state index in [0.717, 1.165) is 28.9 Å². The molecule has 1 fully saturated rings. The van der Waals surface area contributed by atoms with Gasteiger partial charge in [0.15, 0.2) is 0 Å². The first-order valence-electron chi connectivity index (χ1n) is 6.79. The summed E-state index contributed by atoms with van der Waals surface area (Å²) >= 11 is 3.06. The van der Waals surface area contributed by atoms with Crippen molar-refractivity contribution in [1.82, 2.24) is 0 Å². The van der Waals surface area contributed by atoms with E-state index in [4.69, 9.17) is 10.5 Å². The molecule has 0 aliphatic carbocycles. The van der Waals surface area contributed by atoms with E-state index in [9.17, 15) is 4.79 Å². The topological polar surface area (TPSA) is 55.6 Å². The molecule has 0 spiro atoms. The second-order valence-electron chi connectivity index (χ2n) is 5.41. The van der Waals surface area contributed by atoms with Gasteiger partial charge in [0.1, 0.15) is 9.88 Å². The maximum atomic E-state index is 11.8. The number of hydrogen-bond donors (Lipinski definition) is 1. The van der Waals surface area contributed by atoms with Crippen LogP contribution in [0, 0.1) is 11.8 Å². The minimum atomic E-state index is -0.339. The van der Waals surface area contributed by atoms with Crippen LogP contribution in [0.2, 0.25) is 0 Å². The van der Waals surface area contributed by atoms with E-state index in [1.54, 1.807) is 11.8 Å². The lowest BCUT2D eigenvalue weighted by Crippen LogP contribution is -2.20. The Hall–Kier alpha value is -0.880. The van der Waals surface area contributed by atoms with Gasteiger partial charge in [-0.2, -0.15) is 0 Å². The predicted molar refractivity (Wildman–Crippen MR) is 87.0 cm³/mol. The number of hydrogen-bond acceptors (Lipinski definition) is 6. The molecule has 0 amide bonds. The van der Waals surface area contributed by atoms with Crippen LogP contribution in [0.4, 0.5) is 10.7 Å². The van der Waals surface area contributed by atoms with Crippen LogP contribution < -0.4 is 10.6 Å². The number of methoxy groups -OCH3 is 1. The Morgan fingerprint density at radius 1 is 1.55 bits per heavy atom. The van der Waals surface area contributed by atoms with Crippen molar-refractivity contribution in [2.24, 2.45) is 11.8 Å². The van der Waals surface area contributed by atoms with E-state index in [0.29, 0.717) is 16.5 Å². The van der Waals surface area contributed by atoms with Crippen LogP contribution in [-0.4, -0.2) is 32.4 Å². The van der Waals surface area contributed by atoms with Crippen LogP contribution in [0.5, 0.6) is 0 Å². The predicted octanol–water partition coefficient (Wildman–Crippen LogP) is 3.32. The Labute approximate surface area is 128 Å². The van der Waals surface area contributed by atoms with E-state index in [1.165, 1.54) is 24.9 Å². The molecule has 4 nitrogen and oxygen atoms in total.